The number of rotatable bonds is 4. The number of carbonyl (C=O) groups is 2. The molecule has 1 spiro atoms. The van der Waals surface area contributed by atoms with Gasteiger partial charge in [-0.3, -0.25) is 9.59 Å². The van der Waals surface area contributed by atoms with Crippen molar-refractivity contribution in [3.63, 3.8) is 0 Å². The molecule has 0 bridgehead atoms. The topological polar surface area (TPSA) is 64.6 Å². The molecular formula is C22H27NO4. The molecule has 0 radical (unpaired) electrons. The van der Waals surface area contributed by atoms with Gasteiger partial charge in [-0.25, -0.2) is 0 Å². The molecule has 1 N–H and O–H groups in total. The number of hydrogen-bond acceptors (Lipinski definition) is 4. The number of ether oxygens (including phenoxy) is 2. The second kappa shape index (κ2) is 7.95. The van der Waals surface area contributed by atoms with Gasteiger partial charge in [-0.15, -0.1) is 0 Å². The van der Waals surface area contributed by atoms with Gasteiger partial charge in [0.25, 0.3) is 0 Å². The maximum Gasteiger partial charge on any atom is 0.224 e. The number of ketones is 1. The van der Waals surface area contributed by atoms with Crippen molar-refractivity contribution in [2.45, 2.75) is 56.6 Å². The molecule has 2 saturated heterocycles. The van der Waals surface area contributed by atoms with Crippen molar-refractivity contribution in [2.75, 3.05) is 19.8 Å². The highest BCUT2D eigenvalue weighted by molar-refractivity contribution is 6.10. The number of Topliss-reactive ketones (excluding diaryl/α,β-unsaturated/α-hetero) is 1. The summed E-state index contributed by atoms with van der Waals surface area (Å²) in [4.78, 5) is 25.1. The van der Waals surface area contributed by atoms with Gasteiger partial charge in [0.05, 0.1) is 12.0 Å². The van der Waals surface area contributed by atoms with Crippen LogP contribution in [0.4, 0.5) is 0 Å². The van der Waals surface area contributed by atoms with Gasteiger partial charge in [0, 0.05) is 37.9 Å². The lowest BCUT2D eigenvalue weighted by Crippen LogP contribution is -2.51. The Hall–Kier alpha value is -1.98. The van der Waals surface area contributed by atoms with Gasteiger partial charge in [-0.05, 0) is 43.2 Å². The summed E-state index contributed by atoms with van der Waals surface area (Å²) in [5.74, 6) is 0.0553. The summed E-state index contributed by atoms with van der Waals surface area (Å²) in [6, 6.07) is 10.0. The van der Waals surface area contributed by atoms with Gasteiger partial charge < -0.3 is 14.8 Å². The Bertz CT molecular complexity index is 728. The molecule has 0 saturated carbocycles. The largest absolute Gasteiger partial charge is 0.381 e. The third-order valence-corrected chi connectivity index (χ3v) is 6.02. The summed E-state index contributed by atoms with van der Waals surface area (Å²) in [6.45, 7) is 2.12. The number of allylic oxidation sites excluding steroid dienone is 1. The first-order chi connectivity index (χ1) is 13.2. The molecular weight excluding hydrogens is 342 g/mol. The molecule has 27 heavy (non-hydrogen) atoms. The molecule has 2 fully saturated rings. The van der Waals surface area contributed by atoms with Gasteiger partial charge in [0.2, 0.25) is 5.91 Å². The smallest absolute Gasteiger partial charge is 0.224 e. The molecule has 1 atom stereocenters. The first-order valence-electron chi connectivity index (χ1n) is 9.97. The average Bonchev–Trinajstić information content (AvgIpc) is 3.03. The Kier molecular flexibility index (Phi) is 5.41. The SMILES string of the molecule is O=C(CC1=C(c2ccccc2)CCC1=O)N[C@@H]1CCOC2(CCOCC2)C1. The molecule has 1 aliphatic carbocycles. The summed E-state index contributed by atoms with van der Waals surface area (Å²) in [6.07, 6.45) is 4.85. The molecule has 0 aromatic heterocycles. The lowest BCUT2D eigenvalue weighted by atomic mass is 9.84. The van der Waals surface area contributed by atoms with Gasteiger partial charge >= 0.3 is 0 Å². The maximum absolute atomic E-state index is 12.7. The van der Waals surface area contributed by atoms with Crippen molar-refractivity contribution in [3.05, 3.63) is 41.5 Å². The molecule has 5 nitrogen and oxygen atoms in total. The van der Waals surface area contributed by atoms with Crippen LogP contribution in [0.25, 0.3) is 5.57 Å². The van der Waals surface area contributed by atoms with E-state index in [1.54, 1.807) is 0 Å². The van der Waals surface area contributed by atoms with Crippen LogP contribution in [0.3, 0.4) is 0 Å². The lowest BCUT2D eigenvalue weighted by molar-refractivity contribution is -0.144. The van der Waals surface area contributed by atoms with Crippen LogP contribution in [0.1, 0.15) is 50.5 Å². The normalized spacial score (nSPS) is 25.0. The standard InChI is InChI=1S/C22H27NO4/c24-20-7-6-18(16-4-2-1-3-5-16)19(20)14-21(25)23-17-8-11-27-22(15-17)9-12-26-13-10-22/h1-5,17H,6-15H2,(H,23,25)/t17-/m1/s1. The fourth-order valence-electron chi connectivity index (χ4n) is 4.55. The average molecular weight is 369 g/mol. The minimum Gasteiger partial charge on any atom is -0.381 e. The molecule has 2 aliphatic heterocycles. The molecule has 0 unspecified atom stereocenters. The third kappa shape index (κ3) is 4.14. The number of benzene rings is 1. The van der Waals surface area contributed by atoms with Crippen LogP contribution in [0.5, 0.6) is 0 Å². The van der Waals surface area contributed by atoms with E-state index in [4.69, 9.17) is 9.47 Å². The Balaban J connectivity index is 1.42. The minimum atomic E-state index is -0.147. The summed E-state index contributed by atoms with van der Waals surface area (Å²) in [5.41, 5.74) is 2.63. The maximum atomic E-state index is 12.7. The predicted molar refractivity (Wildman–Crippen MR) is 102 cm³/mol. The number of carbonyl (C=O) groups excluding carboxylic acids is 2. The summed E-state index contributed by atoms with van der Waals surface area (Å²) >= 11 is 0. The van der Waals surface area contributed by atoms with E-state index < -0.39 is 0 Å². The molecule has 2 heterocycles. The van der Waals surface area contributed by atoms with E-state index >= 15 is 0 Å². The zero-order valence-electron chi connectivity index (χ0n) is 15.7. The second-order valence-corrected chi connectivity index (χ2v) is 7.82. The lowest BCUT2D eigenvalue weighted by Gasteiger charge is -2.43. The second-order valence-electron chi connectivity index (χ2n) is 7.82. The number of nitrogens with one attached hydrogen (secondary N) is 1. The van der Waals surface area contributed by atoms with E-state index in [0.29, 0.717) is 18.6 Å². The molecule has 5 heteroatoms. The Morgan fingerprint density at radius 3 is 2.67 bits per heavy atom. The van der Waals surface area contributed by atoms with E-state index in [1.807, 2.05) is 30.3 Å². The van der Waals surface area contributed by atoms with Crippen LogP contribution in [0.2, 0.25) is 0 Å². The monoisotopic (exact) mass is 369 g/mol. The van der Waals surface area contributed by atoms with E-state index in [1.165, 1.54) is 0 Å². The van der Waals surface area contributed by atoms with Crippen LogP contribution in [0.15, 0.2) is 35.9 Å². The zero-order valence-corrected chi connectivity index (χ0v) is 15.7. The molecule has 4 rings (SSSR count). The Morgan fingerprint density at radius 1 is 1.11 bits per heavy atom. The zero-order chi connectivity index (χ0) is 18.7. The molecule has 3 aliphatic rings. The van der Waals surface area contributed by atoms with Crippen LogP contribution >= 0.6 is 0 Å². The number of amides is 1. The first-order valence-corrected chi connectivity index (χ1v) is 9.97. The van der Waals surface area contributed by atoms with Crippen LogP contribution in [-0.4, -0.2) is 43.2 Å². The summed E-state index contributed by atoms with van der Waals surface area (Å²) in [7, 11) is 0. The van der Waals surface area contributed by atoms with Gasteiger partial charge in [0.15, 0.2) is 5.78 Å². The van der Waals surface area contributed by atoms with Crippen LogP contribution in [-0.2, 0) is 19.1 Å². The van der Waals surface area contributed by atoms with Crippen molar-refractivity contribution in [1.29, 1.82) is 0 Å². The van der Waals surface area contributed by atoms with Gasteiger partial charge in [-0.2, -0.15) is 0 Å². The third-order valence-electron chi connectivity index (χ3n) is 6.02. The van der Waals surface area contributed by atoms with Crippen molar-refractivity contribution < 1.29 is 19.1 Å². The van der Waals surface area contributed by atoms with Gasteiger partial charge in [0.1, 0.15) is 0 Å². The highest BCUT2D eigenvalue weighted by Crippen LogP contribution is 2.35. The minimum absolute atomic E-state index is 0.0530. The van der Waals surface area contributed by atoms with Crippen molar-refractivity contribution in [3.8, 4) is 0 Å². The van der Waals surface area contributed by atoms with E-state index in [9.17, 15) is 9.59 Å². The predicted octanol–water partition coefficient (Wildman–Crippen LogP) is 3.04. The van der Waals surface area contributed by atoms with E-state index in [0.717, 1.165) is 56.5 Å². The quantitative estimate of drug-likeness (QED) is 0.886. The highest BCUT2D eigenvalue weighted by Gasteiger charge is 2.39. The highest BCUT2D eigenvalue weighted by atomic mass is 16.5. The summed E-state index contributed by atoms with van der Waals surface area (Å²) < 4.78 is 11.5. The Labute approximate surface area is 160 Å². The Morgan fingerprint density at radius 2 is 1.89 bits per heavy atom. The van der Waals surface area contributed by atoms with Crippen molar-refractivity contribution in [1.82, 2.24) is 5.32 Å². The summed E-state index contributed by atoms with van der Waals surface area (Å²) in [5, 5.41) is 3.16. The molecule has 1 amide bonds. The van der Waals surface area contributed by atoms with Crippen molar-refractivity contribution in [2.24, 2.45) is 0 Å². The first kappa shape index (κ1) is 18.4. The van der Waals surface area contributed by atoms with Crippen LogP contribution < -0.4 is 5.32 Å². The van der Waals surface area contributed by atoms with E-state index in [-0.39, 0.29) is 29.8 Å². The molecule has 1 aromatic rings. The van der Waals surface area contributed by atoms with Crippen molar-refractivity contribution >= 4 is 17.3 Å². The van der Waals surface area contributed by atoms with E-state index in [2.05, 4.69) is 5.32 Å². The van der Waals surface area contributed by atoms with Crippen LogP contribution in [0, 0.1) is 0 Å². The fraction of sp³-hybridized carbons (Fsp3) is 0.545. The van der Waals surface area contributed by atoms with Gasteiger partial charge in [-0.1, -0.05) is 30.3 Å². The molecule has 1 aromatic carbocycles. The molecule has 144 valence electrons. The number of hydrogen-bond donors (Lipinski definition) is 1. The fourth-order valence-corrected chi connectivity index (χ4v) is 4.55.